The largest absolute Gasteiger partial charge is 0.322 e. The molecular weight excluding hydrogens is 286 g/mol. The zero-order chi connectivity index (χ0) is 14.8. The number of para-hydroxylation sites is 1. The predicted molar refractivity (Wildman–Crippen MR) is 83.1 cm³/mol. The molecule has 6 heteroatoms. The summed E-state index contributed by atoms with van der Waals surface area (Å²) in [5.41, 5.74) is 1.43. The van der Waals surface area contributed by atoms with E-state index in [2.05, 4.69) is 10.3 Å². The first-order valence-corrected chi connectivity index (χ1v) is 7.42. The molecule has 0 aliphatic heterocycles. The van der Waals surface area contributed by atoms with Gasteiger partial charge in [-0.25, -0.2) is 4.98 Å². The van der Waals surface area contributed by atoms with Gasteiger partial charge in [0.15, 0.2) is 4.96 Å². The lowest BCUT2D eigenvalue weighted by Gasteiger charge is -2.09. The molecule has 0 bridgehead atoms. The highest BCUT2D eigenvalue weighted by molar-refractivity contribution is 7.15. The fourth-order valence-electron chi connectivity index (χ4n) is 2.12. The maximum absolute atomic E-state index is 12.3. The molecule has 0 fully saturated rings. The van der Waals surface area contributed by atoms with Crippen LogP contribution in [0.1, 0.15) is 22.8 Å². The summed E-state index contributed by atoms with van der Waals surface area (Å²) in [6, 6.07) is 7.54. The van der Waals surface area contributed by atoms with E-state index in [-0.39, 0.29) is 11.1 Å². The van der Waals surface area contributed by atoms with E-state index in [4.69, 9.17) is 0 Å². The Kier molecular flexibility index (Phi) is 3.53. The summed E-state index contributed by atoms with van der Waals surface area (Å²) in [5, 5.41) is 4.55. The first-order chi connectivity index (χ1) is 10.2. The Bertz CT molecular complexity index is 866. The van der Waals surface area contributed by atoms with Crippen molar-refractivity contribution in [2.45, 2.75) is 13.3 Å². The molecule has 2 aromatic heterocycles. The van der Waals surface area contributed by atoms with Gasteiger partial charge in [0.05, 0.1) is 0 Å². The molecule has 3 rings (SSSR count). The highest BCUT2D eigenvalue weighted by atomic mass is 32.1. The van der Waals surface area contributed by atoms with Crippen LogP contribution in [0.2, 0.25) is 0 Å². The predicted octanol–water partition coefficient (Wildman–Crippen LogP) is 2.57. The molecule has 106 valence electrons. The van der Waals surface area contributed by atoms with Gasteiger partial charge in [0.25, 0.3) is 11.5 Å². The minimum atomic E-state index is -0.436. The van der Waals surface area contributed by atoms with Crippen LogP contribution in [-0.4, -0.2) is 15.3 Å². The van der Waals surface area contributed by atoms with Gasteiger partial charge in [-0.3, -0.25) is 14.0 Å². The Morgan fingerprint density at radius 2 is 2.19 bits per heavy atom. The number of carbonyl (C=O) groups is 1. The highest BCUT2D eigenvalue weighted by Gasteiger charge is 2.14. The van der Waals surface area contributed by atoms with Crippen LogP contribution in [0.25, 0.3) is 4.96 Å². The molecular formula is C15H13N3O2S. The SMILES string of the molecule is CCc1ccccc1NC(=O)c1cnc2sccn2c1=O. The second-order valence-corrected chi connectivity index (χ2v) is 5.37. The van der Waals surface area contributed by atoms with Gasteiger partial charge in [-0.05, 0) is 18.1 Å². The average Bonchev–Trinajstić information content (AvgIpc) is 2.97. The quantitative estimate of drug-likeness (QED) is 0.808. The number of nitrogens with one attached hydrogen (secondary N) is 1. The molecule has 0 saturated carbocycles. The Morgan fingerprint density at radius 3 is 3.00 bits per heavy atom. The monoisotopic (exact) mass is 299 g/mol. The number of thiazole rings is 1. The van der Waals surface area contributed by atoms with Crippen LogP contribution in [0.5, 0.6) is 0 Å². The summed E-state index contributed by atoms with van der Waals surface area (Å²) in [7, 11) is 0. The maximum atomic E-state index is 12.3. The van der Waals surface area contributed by atoms with Gasteiger partial charge in [0.2, 0.25) is 0 Å². The number of hydrogen-bond donors (Lipinski definition) is 1. The van der Waals surface area contributed by atoms with Crippen molar-refractivity contribution in [3.05, 3.63) is 63.5 Å². The van der Waals surface area contributed by atoms with Gasteiger partial charge in [-0.1, -0.05) is 25.1 Å². The maximum Gasteiger partial charge on any atom is 0.271 e. The van der Waals surface area contributed by atoms with Crippen molar-refractivity contribution in [1.29, 1.82) is 0 Å². The second kappa shape index (κ2) is 5.49. The summed E-state index contributed by atoms with van der Waals surface area (Å²) in [6.07, 6.45) is 3.75. The fraction of sp³-hybridized carbons (Fsp3) is 0.133. The van der Waals surface area contributed by atoms with Gasteiger partial charge in [-0.2, -0.15) is 0 Å². The van der Waals surface area contributed by atoms with E-state index in [0.717, 1.165) is 17.7 Å². The van der Waals surface area contributed by atoms with Crippen LogP contribution < -0.4 is 10.9 Å². The van der Waals surface area contributed by atoms with Crippen molar-refractivity contribution in [2.75, 3.05) is 5.32 Å². The van der Waals surface area contributed by atoms with Gasteiger partial charge < -0.3 is 5.32 Å². The Balaban J connectivity index is 1.97. The van der Waals surface area contributed by atoms with Crippen molar-refractivity contribution >= 4 is 27.9 Å². The number of fused-ring (bicyclic) bond motifs is 1. The molecule has 5 nitrogen and oxygen atoms in total. The third-order valence-electron chi connectivity index (χ3n) is 3.23. The summed E-state index contributed by atoms with van der Waals surface area (Å²) >= 11 is 1.35. The van der Waals surface area contributed by atoms with Crippen LogP contribution >= 0.6 is 11.3 Å². The molecule has 0 aliphatic carbocycles. The van der Waals surface area contributed by atoms with Crippen molar-refractivity contribution in [3.63, 3.8) is 0 Å². The topological polar surface area (TPSA) is 63.5 Å². The number of aryl methyl sites for hydroxylation is 1. The van der Waals surface area contributed by atoms with E-state index >= 15 is 0 Å². The zero-order valence-electron chi connectivity index (χ0n) is 11.4. The molecule has 2 heterocycles. The van der Waals surface area contributed by atoms with Crippen LogP contribution in [-0.2, 0) is 6.42 Å². The van der Waals surface area contributed by atoms with Gasteiger partial charge >= 0.3 is 0 Å². The van der Waals surface area contributed by atoms with E-state index in [1.54, 1.807) is 11.6 Å². The molecule has 1 amide bonds. The van der Waals surface area contributed by atoms with E-state index < -0.39 is 5.91 Å². The molecule has 21 heavy (non-hydrogen) atoms. The number of hydrogen-bond acceptors (Lipinski definition) is 4. The van der Waals surface area contributed by atoms with E-state index in [1.165, 1.54) is 21.9 Å². The molecule has 0 atom stereocenters. The van der Waals surface area contributed by atoms with E-state index in [1.807, 2.05) is 31.2 Å². The normalized spacial score (nSPS) is 10.7. The molecule has 1 aromatic carbocycles. The molecule has 0 radical (unpaired) electrons. The molecule has 1 N–H and O–H groups in total. The number of rotatable bonds is 3. The fourth-order valence-corrected chi connectivity index (χ4v) is 2.80. The van der Waals surface area contributed by atoms with Crippen molar-refractivity contribution < 1.29 is 4.79 Å². The van der Waals surface area contributed by atoms with Crippen molar-refractivity contribution in [1.82, 2.24) is 9.38 Å². The number of benzene rings is 1. The van der Waals surface area contributed by atoms with Crippen LogP contribution in [0, 0.1) is 0 Å². The summed E-state index contributed by atoms with van der Waals surface area (Å²) in [6.45, 7) is 2.01. The molecule has 0 unspecified atom stereocenters. The van der Waals surface area contributed by atoms with Crippen molar-refractivity contribution in [3.8, 4) is 0 Å². The summed E-state index contributed by atoms with van der Waals surface area (Å²) < 4.78 is 1.38. The Morgan fingerprint density at radius 1 is 1.38 bits per heavy atom. The standard InChI is InChI=1S/C15H13N3O2S/c1-2-10-5-3-4-6-12(10)17-13(19)11-9-16-15-18(14(11)20)7-8-21-15/h3-9H,2H2,1H3,(H,17,19). The summed E-state index contributed by atoms with van der Waals surface area (Å²) in [4.78, 5) is 29.3. The van der Waals surface area contributed by atoms with Gasteiger partial charge in [-0.15, -0.1) is 11.3 Å². The molecule has 0 spiro atoms. The number of anilines is 1. The zero-order valence-corrected chi connectivity index (χ0v) is 12.2. The Hall–Kier alpha value is -2.47. The van der Waals surface area contributed by atoms with Gasteiger partial charge in [0.1, 0.15) is 5.56 Å². The lowest BCUT2D eigenvalue weighted by Crippen LogP contribution is -2.26. The average molecular weight is 299 g/mol. The molecule has 0 saturated heterocycles. The number of amides is 1. The van der Waals surface area contributed by atoms with E-state index in [0.29, 0.717) is 4.96 Å². The lowest BCUT2D eigenvalue weighted by molar-refractivity contribution is 0.102. The smallest absolute Gasteiger partial charge is 0.271 e. The summed E-state index contributed by atoms with van der Waals surface area (Å²) in [5.74, 6) is -0.436. The second-order valence-electron chi connectivity index (χ2n) is 4.50. The van der Waals surface area contributed by atoms with E-state index in [9.17, 15) is 9.59 Å². The first-order valence-electron chi connectivity index (χ1n) is 6.55. The Labute approximate surface area is 124 Å². The third kappa shape index (κ3) is 2.45. The minimum Gasteiger partial charge on any atom is -0.322 e. The lowest BCUT2D eigenvalue weighted by atomic mass is 10.1. The molecule has 0 aliphatic rings. The number of aromatic nitrogens is 2. The van der Waals surface area contributed by atoms with Crippen molar-refractivity contribution in [2.24, 2.45) is 0 Å². The third-order valence-corrected chi connectivity index (χ3v) is 4.00. The van der Waals surface area contributed by atoms with Crippen LogP contribution in [0.4, 0.5) is 5.69 Å². The van der Waals surface area contributed by atoms with Crippen LogP contribution in [0.15, 0.2) is 46.8 Å². The number of carbonyl (C=O) groups excluding carboxylic acids is 1. The number of nitrogens with zero attached hydrogens (tertiary/aromatic N) is 2. The molecule has 3 aromatic rings. The highest BCUT2D eigenvalue weighted by Crippen LogP contribution is 2.16. The first kappa shape index (κ1) is 13.5. The van der Waals surface area contributed by atoms with Crippen LogP contribution in [0.3, 0.4) is 0 Å². The van der Waals surface area contributed by atoms with Gasteiger partial charge in [0, 0.05) is 23.5 Å². The minimum absolute atomic E-state index is 0.0387.